The Morgan fingerprint density at radius 1 is 0.462 bits per heavy atom. The van der Waals surface area contributed by atoms with E-state index in [4.69, 9.17) is 4.42 Å². The van der Waals surface area contributed by atoms with E-state index in [1.807, 2.05) is 0 Å². The lowest BCUT2D eigenvalue weighted by molar-refractivity contribution is 0.649. The van der Waals surface area contributed by atoms with E-state index in [9.17, 15) is 0 Å². The number of allylic oxidation sites excluding steroid dienone is 4. The first-order valence-electron chi connectivity index (χ1n) is 18.1. The second kappa shape index (κ2) is 9.51. The van der Waals surface area contributed by atoms with Crippen molar-refractivity contribution < 1.29 is 4.42 Å². The number of furan rings is 1. The van der Waals surface area contributed by atoms with E-state index >= 15 is 0 Å². The number of hydrogen-bond donors (Lipinski definition) is 0. The van der Waals surface area contributed by atoms with Crippen molar-refractivity contribution in [1.29, 1.82) is 0 Å². The maximum absolute atomic E-state index is 6.82. The van der Waals surface area contributed by atoms with Gasteiger partial charge in [0.05, 0.1) is 39.1 Å². The molecule has 0 radical (unpaired) electrons. The van der Waals surface area contributed by atoms with Gasteiger partial charge in [0.1, 0.15) is 11.2 Å². The lowest BCUT2D eigenvalue weighted by Gasteiger charge is -2.19. The Hall–Kier alpha value is -6.78. The number of para-hydroxylation sites is 4. The van der Waals surface area contributed by atoms with Crippen LogP contribution in [-0.2, 0) is 0 Å². The first-order valence-corrected chi connectivity index (χ1v) is 18.1. The average molecular weight is 664 g/mol. The minimum absolute atomic E-state index is 0.224. The van der Waals surface area contributed by atoms with Crippen molar-refractivity contribution >= 4 is 104 Å². The fraction of sp³-hybridized carbons (Fsp3) is 0.0417. The molecule has 0 spiro atoms. The van der Waals surface area contributed by atoms with E-state index in [2.05, 4.69) is 171 Å². The maximum atomic E-state index is 6.82. The fourth-order valence-corrected chi connectivity index (χ4v) is 9.87. The van der Waals surface area contributed by atoms with Gasteiger partial charge in [0.2, 0.25) is 0 Å². The van der Waals surface area contributed by atoms with E-state index in [-0.39, 0.29) is 6.04 Å². The van der Waals surface area contributed by atoms with Crippen molar-refractivity contribution in [3.8, 4) is 5.69 Å². The molecule has 12 aromatic rings. The third-order valence-electron chi connectivity index (χ3n) is 11.8. The van der Waals surface area contributed by atoms with Crippen LogP contribution >= 0.6 is 0 Å². The second-order valence-electron chi connectivity index (χ2n) is 14.4. The third kappa shape index (κ3) is 3.16. The molecule has 0 N–H and O–H groups in total. The van der Waals surface area contributed by atoms with Crippen LogP contribution in [0.4, 0.5) is 0 Å². The van der Waals surface area contributed by atoms with Crippen LogP contribution in [0.3, 0.4) is 0 Å². The molecule has 0 aliphatic heterocycles. The fourth-order valence-electron chi connectivity index (χ4n) is 9.87. The first kappa shape index (κ1) is 27.0. The minimum Gasteiger partial charge on any atom is -0.456 e. The zero-order valence-electron chi connectivity index (χ0n) is 28.0. The topological polar surface area (TPSA) is 27.4 Å². The summed E-state index contributed by atoms with van der Waals surface area (Å²) in [5, 5.41) is 12.5. The predicted octanol–water partition coefficient (Wildman–Crippen LogP) is 13.0. The van der Waals surface area contributed by atoms with Gasteiger partial charge in [0.15, 0.2) is 0 Å². The summed E-state index contributed by atoms with van der Waals surface area (Å²) < 4.78 is 14.4. The summed E-state index contributed by atoms with van der Waals surface area (Å²) in [6.07, 6.45) is 9.98. The van der Waals surface area contributed by atoms with Crippen molar-refractivity contribution in [2.45, 2.75) is 12.5 Å². The highest BCUT2D eigenvalue weighted by Crippen LogP contribution is 2.51. The normalized spacial score (nSPS) is 15.3. The van der Waals surface area contributed by atoms with Gasteiger partial charge in [-0.2, -0.15) is 0 Å². The van der Waals surface area contributed by atoms with Gasteiger partial charge < -0.3 is 18.0 Å². The third-order valence-corrected chi connectivity index (χ3v) is 11.8. The van der Waals surface area contributed by atoms with Crippen molar-refractivity contribution in [1.82, 2.24) is 13.5 Å². The van der Waals surface area contributed by atoms with Gasteiger partial charge in [-0.3, -0.25) is 0 Å². The molecule has 0 bridgehead atoms. The van der Waals surface area contributed by atoms with E-state index in [0.717, 1.165) is 28.7 Å². The Morgan fingerprint density at radius 3 is 1.96 bits per heavy atom. The lowest BCUT2D eigenvalue weighted by atomic mass is 9.99. The molecule has 0 saturated carbocycles. The minimum atomic E-state index is 0.224. The standard InChI is InChI=1S/C48H29N3O/c1-3-13-28(14-4-1)49-36-20-10-7-17-30(36)32-23-25-38-42(46(32)49)35-27-41-43(34-19-9-12-22-40(34)52-41)45-44-39(51(38)48(35)45)26-24-33-31-18-8-11-21-37(31)50(47(33)44)29-15-5-2-6-16-29/h1-13,15-28H,14H2. The van der Waals surface area contributed by atoms with E-state index < -0.39 is 0 Å². The molecule has 5 aromatic heterocycles. The van der Waals surface area contributed by atoms with Gasteiger partial charge in [0, 0.05) is 65.1 Å². The van der Waals surface area contributed by atoms with E-state index in [1.165, 1.54) is 87.1 Å². The first-order chi connectivity index (χ1) is 25.8. The lowest BCUT2D eigenvalue weighted by Crippen LogP contribution is -2.06. The Morgan fingerprint density at radius 2 is 1.15 bits per heavy atom. The van der Waals surface area contributed by atoms with Gasteiger partial charge >= 0.3 is 0 Å². The molecule has 242 valence electrons. The van der Waals surface area contributed by atoms with Crippen LogP contribution in [0.25, 0.3) is 109 Å². The smallest absolute Gasteiger partial charge is 0.136 e. The molecular formula is C48H29N3O. The summed E-state index contributed by atoms with van der Waals surface area (Å²) in [5.74, 6) is 0. The van der Waals surface area contributed by atoms with Crippen LogP contribution in [0.1, 0.15) is 12.5 Å². The van der Waals surface area contributed by atoms with Crippen LogP contribution < -0.4 is 0 Å². The SMILES string of the molecule is C1=CCC(n2c3ccccc3c3ccc4c(c5cc6oc7ccccc7c6c6c7c8c(ccc7n4c56)c4ccccc4n8-c4ccccc4)c32)C=C1. The number of aromatic nitrogens is 3. The Bertz CT molecular complexity index is 3550. The number of benzene rings is 7. The van der Waals surface area contributed by atoms with Crippen LogP contribution in [0.5, 0.6) is 0 Å². The molecule has 7 aromatic carbocycles. The molecule has 0 fully saturated rings. The van der Waals surface area contributed by atoms with Crippen molar-refractivity contribution in [3.63, 3.8) is 0 Å². The highest BCUT2D eigenvalue weighted by Gasteiger charge is 2.29. The van der Waals surface area contributed by atoms with Crippen LogP contribution in [0.15, 0.2) is 162 Å². The van der Waals surface area contributed by atoms with E-state index in [1.54, 1.807) is 0 Å². The summed E-state index contributed by atoms with van der Waals surface area (Å²) >= 11 is 0. The van der Waals surface area contributed by atoms with Gasteiger partial charge in [-0.15, -0.1) is 0 Å². The molecule has 1 atom stereocenters. The zero-order chi connectivity index (χ0) is 33.7. The Kier molecular flexibility index (Phi) is 4.94. The molecule has 1 aliphatic rings. The molecule has 1 aliphatic carbocycles. The van der Waals surface area contributed by atoms with Crippen LogP contribution in [0, 0.1) is 0 Å². The molecule has 5 heterocycles. The Balaban J connectivity index is 1.34. The molecular weight excluding hydrogens is 635 g/mol. The second-order valence-corrected chi connectivity index (χ2v) is 14.4. The molecule has 13 rings (SSSR count). The maximum Gasteiger partial charge on any atom is 0.136 e. The average Bonchev–Trinajstić information content (AvgIpc) is 3.99. The van der Waals surface area contributed by atoms with Gasteiger partial charge in [0.25, 0.3) is 0 Å². The van der Waals surface area contributed by atoms with Crippen molar-refractivity contribution in [2.75, 3.05) is 0 Å². The van der Waals surface area contributed by atoms with Gasteiger partial charge in [-0.05, 0) is 55.0 Å². The van der Waals surface area contributed by atoms with E-state index in [0.29, 0.717) is 0 Å². The molecule has 4 heteroatoms. The van der Waals surface area contributed by atoms with Crippen molar-refractivity contribution in [3.05, 3.63) is 158 Å². The zero-order valence-corrected chi connectivity index (χ0v) is 28.0. The highest BCUT2D eigenvalue weighted by atomic mass is 16.3. The summed E-state index contributed by atoms with van der Waals surface area (Å²) in [7, 11) is 0. The molecule has 4 nitrogen and oxygen atoms in total. The molecule has 52 heavy (non-hydrogen) atoms. The Labute approximate surface area is 296 Å². The quantitative estimate of drug-likeness (QED) is 0.181. The van der Waals surface area contributed by atoms with Crippen LogP contribution in [-0.4, -0.2) is 13.5 Å². The summed E-state index contributed by atoms with van der Waals surface area (Å²) in [6, 6.07) is 49.1. The number of fused-ring (bicyclic) bond motifs is 18. The van der Waals surface area contributed by atoms with Crippen LogP contribution in [0.2, 0.25) is 0 Å². The van der Waals surface area contributed by atoms with Crippen molar-refractivity contribution in [2.24, 2.45) is 0 Å². The largest absolute Gasteiger partial charge is 0.456 e. The number of rotatable bonds is 2. The summed E-state index contributed by atoms with van der Waals surface area (Å²) in [4.78, 5) is 0. The predicted molar refractivity (Wildman–Crippen MR) is 218 cm³/mol. The summed E-state index contributed by atoms with van der Waals surface area (Å²) in [6.45, 7) is 0. The monoisotopic (exact) mass is 663 g/mol. The molecule has 0 saturated heterocycles. The summed E-state index contributed by atoms with van der Waals surface area (Å²) in [5.41, 5.74) is 11.7. The number of hydrogen-bond acceptors (Lipinski definition) is 1. The van der Waals surface area contributed by atoms with Gasteiger partial charge in [-0.25, -0.2) is 0 Å². The highest BCUT2D eigenvalue weighted by molar-refractivity contribution is 6.41. The molecule has 0 amide bonds. The number of nitrogens with zero attached hydrogens (tertiary/aromatic N) is 3. The van der Waals surface area contributed by atoms with Gasteiger partial charge in [-0.1, -0.05) is 109 Å². The molecule has 1 unspecified atom stereocenters.